The zero-order valence-corrected chi connectivity index (χ0v) is 13.5. The van der Waals surface area contributed by atoms with Gasteiger partial charge in [0.05, 0.1) is 12.6 Å². The third-order valence-corrected chi connectivity index (χ3v) is 3.51. The van der Waals surface area contributed by atoms with Crippen LogP contribution in [0.4, 0.5) is 4.79 Å². The Balaban J connectivity index is 2.17. The molecule has 1 saturated heterocycles. The van der Waals surface area contributed by atoms with Crippen molar-refractivity contribution in [3.63, 3.8) is 0 Å². The molecule has 0 aromatic carbocycles. The van der Waals surface area contributed by atoms with Gasteiger partial charge in [0, 0.05) is 6.08 Å². The maximum Gasteiger partial charge on any atom is 0.412 e. The molecule has 1 N–H and O–H groups in total. The van der Waals surface area contributed by atoms with Gasteiger partial charge in [0.15, 0.2) is 0 Å². The van der Waals surface area contributed by atoms with Crippen LogP contribution in [0.5, 0.6) is 0 Å². The Bertz CT molecular complexity index is 493. The number of hydrogen-bond donors (Lipinski definition) is 1. The van der Waals surface area contributed by atoms with Crippen LogP contribution < -0.4 is 0 Å². The summed E-state index contributed by atoms with van der Waals surface area (Å²) in [6, 6.07) is -0.662. The van der Waals surface area contributed by atoms with Crippen molar-refractivity contribution in [2.75, 3.05) is 6.61 Å². The molecule has 124 valence electrons. The Hall–Kier alpha value is -1.60. The molecule has 7 heteroatoms. The first kappa shape index (κ1) is 16.8. The van der Waals surface area contributed by atoms with Crippen molar-refractivity contribution in [1.82, 2.24) is 4.90 Å². The molecule has 1 fully saturated rings. The van der Waals surface area contributed by atoms with Crippen LogP contribution >= 0.6 is 0 Å². The van der Waals surface area contributed by atoms with Gasteiger partial charge in [-0.2, -0.15) is 0 Å². The van der Waals surface area contributed by atoms with Crippen molar-refractivity contribution in [3.8, 4) is 0 Å². The van der Waals surface area contributed by atoms with Gasteiger partial charge in [0.1, 0.15) is 23.5 Å². The molecule has 0 aromatic rings. The molecule has 2 heterocycles. The van der Waals surface area contributed by atoms with Gasteiger partial charge in [-0.05, 0) is 40.7 Å². The minimum absolute atomic E-state index is 0.134. The van der Waals surface area contributed by atoms with Gasteiger partial charge in [-0.15, -0.1) is 0 Å². The number of rotatable bonds is 2. The smallest absolute Gasteiger partial charge is 0.412 e. The van der Waals surface area contributed by atoms with E-state index in [1.807, 2.05) is 0 Å². The monoisotopic (exact) mass is 313 g/mol. The van der Waals surface area contributed by atoms with Crippen LogP contribution in [0.15, 0.2) is 12.2 Å². The normalized spacial score (nSPS) is 28.6. The predicted octanol–water partition coefficient (Wildman–Crippen LogP) is 1.20. The lowest BCUT2D eigenvalue weighted by Crippen LogP contribution is -2.55. The molecule has 3 atom stereocenters. The molecule has 1 amide bonds. The van der Waals surface area contributed by atoms with Gasteiger partial charge in [-0.25, -0.2) is 9.59 Å². The summed E-state index contributed by atoms with van der Waals surface area (Å²) in [6.07, 6.45) is 0.280. The second kappa shape index (κ2) is 5.55. The highest BCUT2D eigenvalue weighted by molar-refractivity contribution is 5.84. The summed E-state index contributed by atoms with van der Waals surface area (Å²) in [7, 11) is 0. The molecule has 2 aliphatic heterocycles. The zero-order chi connectivity index (χ0) is 16.7. The second-order valence-electron chi connectivity index (χ2n) is 6.93. The molecule has 7 nitrogen and oxygen atoms in total. The van der Waals surface area contributed by atoms with Crippen LogP contribution in [-0.2, 0) is 19.0 Å². The summed E-state index contributed by atoms with van der Waals surface area (Å²) in [5, 5.41) is 10.5. The number of cyclic esters (lactones) is 1. The maximum absolute atomic E-state index is 12.5. The summed E-state index contributed by atoms with van der Waals surface area (Å²) >= 11 is 0. The second-order valence-corrected chi connectivity index (χ2v) is 6.93. The van der Waals surface area contributed by atoms with Gasteiger partial charge < -0.3 is 19.3 Å². The van der Waals surface area contributed by atoms with Crippen LogP contribution in [0.3, 0.4) is 0 Å². The van der Waals surface area contributed by atoms with E-state index >= 15 is 0 Å². The van der Waals surface area contributed by atoms with Crippen LogP contribution in [0.25, 0.3) is 0 Å². The van der Waals surface area contributed by atoms with Crippen LogP contribution in [-0.4, -0.2) is 58.3 Å². The molecule has 2 aliphatic rings. The van der Waals surface area contributed by atoms with Gasteiger partial charge in [0.2, 0.25) is 0 Å². The first-order chi connectivity index (χ1) is 10.0. The van der Waals surface area contributed by atoms with Crippen molar-refractivity contribution in [3.05, 3.63) is 12.2 Å². The first-order valence-corrected chi connectivity index (χ1v) is 7.24. The molecule has 22 heavy (non-hydrogen) atoms. The van der Waals surface area contributed by atoms with E-state index in [0.29, 0.717) is 0 Å². The average Bonchev–Trinajstić information content (AvgIpc) is 2.89. The first-order valence-electron chi connectivity index (χ1n) is 7.24. The van der Waals surface area contributed by atoms with E-state index in [0.717, 1.165) is 0 Å². The number of aliphatic hydroxyl groups excluding tert-OH is 1. The van der Waals surface area contributed by atoms with E-state index in [1.165, 1.54) is 17.1 Å². The summed E-state index contributed by atoms with van der Waals surface area (Å²) in [6.45, 7) is 8.88. The Kier molecular flexibility index (Phi) is 4.23. The van der Waals surface area contributed by atoms with E-state index in [4.69, 9.17) is 14.2 Å². The summed E-state index contributed by atoms with van der Waals surface area (Å²) < 4.78 is 16.0. The molecular formula is C15H23NO6. The molecule has 0 spiro atoms. The number of aliphatic hydroxyl groups is 1. The van der Waals surface area contributed by atoms with Crippen LogP contribution in [0.2, 0.25) is 0 Å². The standard InChI is InChI=1S/C15H23NO6/c1-14(2,3)22-13(19)16-9(8-20-15(16,4)5)12(18)10-6-7-11(17)21-10/h6-7,9-10,12,18H,8H2,1-5H3. The summed E-state index contributed by atoms with van der Waals surface area (Å²) in [5.41, 5.74) is -1.58. The highest BCUT2D eigenvalue weighted by Crippen LogP contribution is 2.32. The van der Waals surface area contributed by atoms with Crippen LogP contribution in [0.1, 0.15) is 34.6 Å². The van der Waals surface area contributed by atoms with Crippen molar-refractivity contribution in [1.29, 1.82) is 0 Å². The number of carbonyl (C=O) groups is 2. The fourth-order valence-electron chi connectivity index (χ4n) is 2.54. The average molecular weight is 313 g/mol. The van der Waals surface area contributed by atoms with Gasteiger partial charge in [-0.3, -0.25) is 4.90 Å². The quantitative estimate of drug-likeness (QED) is 0.771. The van der Waals surface area contributed by atoms with Crippen molar-refractivity contribution in [2.24, 2.45) is 0 Å². The minimum atomic E-state index is -1.09. The number of hydrogen-bond acceptors (Lipinski definition) is 6. The van der Waals surface area contributed by atoms with Crippen molar-refractivity contribution in [2.45, 2.75) is 64.2 Å². The lowest BCUT2D eigenvalue weighted by Gasteiger charge is -2.37. The molecule has 0 saturated carbocycles. The van der Waals surface area contributed by atoms with Gasteiger partial charge >= 0.3 is 12.1 Å². The Morgan fingerprint density at radius 3 is 2.64 bits per heavy atom. The zero-order valence-electron chi connectivity index (χ0n) is 13.5. The van der Waals surface area contributed by atoms with Crippen molar-refractivity contribution >= 4 is 12.1 Å². The van der Waals surface area contributed by atoms with E-state index in [9.17, 15) is 14.7 Å². The SMILES string of the molecule is CC(C)(C)OC(=O)N1C(C(O)C2C=CC(=O)O2)COC1(C)C. The predicted molar refractivity (Wildman–Crippen MR) is 76.9 cm³/mol. The molecule has 0 aromatic heterocycles. The topological polar surface area (TPSA) is 85.3 Å². The fraction of sp³-hybridized carbons (Fsp3) is 0.733. The molecule has 0 bridgehead atoms. The number of esters is 1. The summed E-state index contributed by atoms with van der Waals surface area (Å²) in [5.74, 6) is -0.508. The third kappa shape index (κ3) is 3.41. The van der Waals surface area contributed by atoms with Crippen LogP contribution in [0, 0.1) is 0 Å². The number of ether oxygens (including phenoxy) is 3. The third-order valence-electron chi connectivity index (χ3n) is 3.51. The van der Waals surface area contributed by atoms with E-state index in [1.54, 1.807) is 34.6 Å². The Morgan fingerprint density at radius 1 is 1.50 bits per heavy atom. The summed E-state index contributed by atoms with van der Waals surface area (Å²) in [4.78, 5) is 25.0. The molecule has 0 radical (unpaired) electrons. The van der Waals surface area contributed by atoms with Crippen molar-refractivity contribution < 1.29 is 28.9 Å². The maximum atomic E-state index is 12.5. The highest BCUT2D eigenvalue weighted by Gasteiger charge is 2.50. The molecule has 2 rings (SSSR count). The van der Waals surface area contributed by atoms with E-state index < -0.39 is 41.6 Å². The van der Waals surface area contributed by atoms with Gasteiger partial charge in [0.25, 0.3) is 0 Å². The number of amides is 1. The minimum Gasteiger partial charge on any atom is -0.452 e. The number of nitrogens with zero attached hydrogens (tertiary/aromatic N) is 1. The fourth-order valence-corrected chi connectivity index (χ4v) is 2.54. The van der Waals surface area contributed by atoms with E-state index in [2.05, 4.69) is 0 Å². The lowest BCUT2D eigenvalue weighted by atomic mass is 10.0. The number of carbonyl (C=O) groups excluding carboxylic acids is 2. The Labute approximate surface area is 129 Å². The molecule has 0 aliphatic carbocycles. The molecular weight excluding hydrogens is 290 g/mol. The van der Waals surface area contributed by atoms with Gasteiger partial charge in [-0.1, -0.05) is 0 Å². The van der Waals surface area contributed by atoms with E-state index in [-0.39, 0.29) is 6.61 Å². The largest absolute Gasteiger partial charge is 0.452 e. The molecule has 3 unspecified atom stereocenters. The Morgan fingerprint density at radius 2 is 2.14 bits per heavy atom. The lowest BCUT2D eigenvalue weighted by molar-refractivity contribution is -0.144. The highest BCUT2D eigenvalue weighted by atomic mass is 16.6.